The molecule has 2 rings (SSSR count). The monoisotopic (exact) mass is 309 g/mol. The number of aliphatic hydroxyl groups excluding tert-OH is 1. The molecule has 0 amide bonds. The Morgan fingerprint density at radius 2 is 1.90 bits per heavy atom. The molecule has 2 nitrogen and oxygen atoms in total. The quantitative estimate of drug-likeness (QED) is 0.858. The van der Waals surface area contributed by atoms with Gasteiger partial charge in [0.05, 0.1) is 6.10 Å². The van der Waals surface area contributed by atoms with Crippen molar-refractivity contribution in [1.29, 1.82) is 0 Å². The van der Waals surface area contributed by atoms with Crippen molar-refractivity contribution in [3.05, 3.63) is 56.2 Å². The van der Waals surface area contributed by atoms with E-state index >= 15 is 0 Å². The first kappa shape index (κ1) is 15.5. The zero-order chi connectivity index (χ0) is 14.7. The summed E-state index contributed by atoms with van der Waals surface area (Å²) in [5, 5.41) is 14.3. The van der Waals surface area contributed by atoms with Gasteiger partial charge in [0.25, 0.3) is 0 Å². The summed E-state index contributed by atoms with van der Waals surface area (Å²) in [6.07, 6.45) is -0.519. The molecule has 1 aromatic heterocycles. The molecule has 0 aliphatic heterocycles. The van der Waals surface area contributed by atoms with Crippen molar-refractivity contribution in [1.82, 2.24) is 5.32 Å². The van der Waals surface area contributed by atoms with Crippen LogP contribution in [-0.4, -0.2) is 11.7 Å². The summed E-state index contributed by atoms with van der Waals surface area (Å²) in [6, 6.07) is 9.78. The third-order valence-corrected chi connectivity index (χ3v) is 4.65. The van der Waals surface area contributed by atoms with Gasteiger partial charge in [-0.25, -0.2) is 0 Å². The van der Waals surface area contributed by atoms with Gasteiger partial charge in [0.15, 0.2) is 0 Å². The lowest BCUT2D eigenvalue weighted by molar-refractivity contribution is 0.171. The number of thiophene rings is 1. The zero-order valence-electron chi connectivity index (χ0n) is 12.0. The minimum absolute atomic E-state index is 0.238. The number of aliphatic hydroxyl groups is 1. The Morgan fingerprint density at radius 3 is 2.45 bits per heavy atom. The van der Waals surface area contributed by atoms with E-state index < -0.39 is 6.10 Å². The van der Waals surface area contributed by atoms with E-state index in [0.29, 0.717) is 11.6 Å². The van der Waals surface area contributed by atoms with E-state index in [2.05, 4.69) is 32.2 Å². The van der Waals surface area contributed by atoms with Gasteiger partial charge in [-0.05, 0) is 50.1 Å². The maximum Gasteiger partial charge on any atom is 0.0914 e. The second-order valence-electron chi connectivity index (χ2n) is 5.07. The first-order valence-electron chi connectivity index (χ1n) is 6.71. The summed E-state index contributed by atoms with van der Waals surface area (Å²) >= 11 is 7.66. The van der Waals surface area contributed by atoms with Gasteiger partial charge in [0, 0.05) is 27.4 Å². The maximum atomic E-state index is 10.2. The van der Waals surface area contributed by atoms with Crippen LogP contribution in [0.25, 0.3) is 0 Å². The molecule has 2 N–H and O–H groups in total. The van der Waals surface area contributed by atoms with Gasteiger partial charge in [0.1, 0.15) is 0 Å². The van der Waals surface area contributed by atoms with E-state index in [4.69, 9.17) is 11.6 Å². The Morgan fingerprint density at radius 1 is 1.25 bits per heavy atom. The minimum Gasteiger partial charge on any atom is -0.387 e. The molecule has 0 spiro atoms. The first-order chi connectivity index (χ1) is 9.47. The molecule has 1 aromatic carbocycles. The summed E-state index contributed by atoms with van der Waals surface area (Å²) in [6.45, 7) is 6.91. The highest BCUT2D eigenvalue weighted by Gasteiger charge is 2.13. The minimum atomic E-state index is -0.519. The SMILES string of the molecule is Cc1cc(C(C)NCC(O)c2ccc(Cl)cc2)c(C)s1. The molecular formula is C16H20ClNOS. The number of hydrogen-bond acceptors (Lipinski definition) is 3. The highest BCUT2D eigenvalue weighted by atomic mass is 35.5. The second-order valence-corrected chi connectivity index (χ2v) is 6.96. The molecule has 0 aliphatic rings. The largest absolute Gasteiger partial charge is 0.387 e. The molecule has 108 valence electrons. The lowest BCUT2D eigenvalue weighted by Gasteiger charge is -2.17. The van der Waals surface area contributed by atoms with Crippen LogP contribution in [0.2, 0.25) is 5.02 Å². The molecule has 2 unspecified atom stereocenters. The molecular weight excluding hydrogens is 290 g/mol. The molecule has 0 aliphatic carbocycles. The Labute approximate surface area is 129 Å². The van der Waals surface area contributed by atoms with Crippen molar-refractivity contribution in [2.24, 2.45) is 0 Å². The molecule has 0 radical (unpaired) electrons. The van der Waals surface area contributed by atoms with Crippen LogP contribution in [-0.2, 0) is 0 Å². The molecule has 1 heterocycles. The number of hydrogen-bond donors (Lipinski definition) is 2. The van der Waals surface area contributed by atoms with Crippen molar-refractivity contribution in [2.45, 2.75) is 32.9 Å². The molecule has 0 bridgehead atoms. The van der Waals surface area contributed by atoms with Crippen molar-refractivity contribution in [3.8, 4) is 0 Å². The fraction of sp³-hybridized carbons (Fsp3) is 0.375. The van der Waals surface area contributed by atoms with Crippen molar-refractivity contribution < 1.29 is 5.11 Å². The number of rotatable bonds is 5. The van der Waals surface area contributed by atoms with Crippen LogP contribution in [0.3, 0.4) is 0 Å². The van der Waals surface area contributed by atoms with Crippen LogP contribution in [0.5, 0.6) is 0 Å². The highest BCUT2D eigenvalue weighted by Crippen LogP contribution is 2.26. The van der Waals surface area contributed by atoms with E-state index in [1.807, 2.05) is 23.5 Å². The van der Waals surface area contributed by atoms with Gasteiger partial charge in [-0.1, -0.05) is 23.7 Å². The van der Waals surface area contributed by atoms with E-state index in [0.717, 1.165) is 5.56 Å². The summed E-state index contributed by atoms with van der Waals surface area (Å²) in [4.78, 5) is 2.66. The van der Waals surface area contributed by atoms with E-state index in [1.54, 1.807) is 12.1 Å². The van der Waals surface area contributed by atoms with Gasteiger partial charge in [0.2, 0.25) is 0 Å². The smallest absolute Gasteiger partial charge is 0.0914 e. The zero-order valence-corrected chi connectivity index (χ0v) is 13.6. The highest BCUT2D eigenvalue weighted by molar-refractivity contribution is 7.12. The fourth-order valence-electron chi connectivity index (χ4n) is 2.28. The normalized spacial score (nSPS) is 14.2. The molecule has 4 heteroatoms. The molecule has 0 saturated heterocycles. The fourth-order valence-corrected chi connectivity index (χ4v) is 3.43. The number of nitrogens with one attached hydrogen (secondary N) is 1. The predicted octanol–water partition coefficient (Wildman–Crippen LogP) is 4.40. The van der Waals surface area contributed by atoms with E-state index in [9.17, 15) is 5.11 Å². The van der Waals surface area contributed by atoms with Gasteiger partial charge in [-0.3, -0.25) is 0 Å². The Hall–Kier alpha value is -0.870. The van der Waals surface area contributed by atoms with E-state index in [-0.39, 0.29) is 6.04 Å². The molecule has 0 fully saturated rings. The topological polar surface area (TPSA) is 32.3 Å². The van der Waals surface area contributed by atoms with Crippen LogP contribution in [0.1, 0.15) is 40.0 Å². The first-order valence-corrected chi connectivity index (χ1v) is 7.90. The summed E-state index contributed by atoms with van der Waals surface area (Å²) in [5.74, 6) is 0. The molecule has 2 aromatic rings. The van der Waals surface area contributed by atoms with Crippen LogP contribution >= 0.6 is 22.9 Å². The van der Waals surface area contributed by atoms with Crippen molar-refractivity contribution in [3.63, 3.8) is 0 Å². The maximum absolute atomic E-state index is 10.2. The predicted molar refractivity (Wildman–Crippen MR) is 86.6 cm³/mol. The molecule has 2 atom stereocenters. The third kappa shape index (κ3) is 3.83. The van der Waals surface area contributed by atoms with Crippen LogP contribution in [0.4, 0.5) is 0 Å². The number of aryl methyl sites for hydroxylation is 2. The average molecular weight is 310 g/mol. The Kier molecular flexibility index (Phi) is 5.22. The summed E-state index contributed by atoms with van der Waals surface area (Å²) in [7, 11) is 0. The van der Waals surface area contributed by atoms with Gasteiger partial charge in [-0.15, -0.1) is 11.3 Å². The summed E-state index contributed by atoms with van der Waals surface area (Å²) in [5.41, 5.74) is 2.20. The van der Waals surface area contributed by atoms with Crippen LogP contribution in [0, 0.1) is 13.8 Å². The lowest BCUT2D eigenvalue weighted by Crippen LogP contribution is -2.24. The van der Waals surface area contributed by atoms with Gasteiger partial charge >= 0.3 is 0 Å². The van der Waals surface area contributed by atoms with Crippen molar-refractivity contribution in [2.75, 3.05) is 6.54 Å². The van der Waals surface area contributed by atoms with Gasteiger partial charge < -0.3 is 10.4 Å². The van der Waals surface area contributed by atoms with Crippen LogP contribution < -0.4 is 5.32 Å². The van der Waals surface area contributed by atoms with Crippen molar-refractivity contribution >= 4 is 22.9 Å². The second kappa shape index (κ2) is 6.72. The average Bonchev–Trinajstić information content (AvgIpc) is 2.75. The molecule has 0 saturated carbocycles. The van der Waals surface area contributed by atoms with Crippen LogP contribution in [0.15, 0.2) is 30.3 Å². The number of halogens is 1. The number of benzene rings is 1. The molecule has 20 heavy (non-hydrogen) atoms. The standard InChI is InChI=1S/C16H20ClNOS/c1-10-8-15(12(3)20-10)11(2)18-9-16(19)13-4-6-14(17)7-5-13/h4-8,11,16,18-19H,9H2,1-3H3. The third-order valence-electron chi connectivity index (χ3n) is 3.42. The van der Waals surface area contributed by atoms with Gasteiger partial charge in [-0.2, -0.15) is 0 Å². The summed E-state index contributed by atoms with van der Waals surface area (Å²) < 4.78 is 0. The Bertz CT molecular complexity index is 564. The Balaban J connectivity index is 1.94. The van der Waals surface area contributed by atoms with E-state index in [1.165, 1.54) is 15.3 Å². The lowest BCUT2D eigenvalue weighted by atomic mass is 10.1.